The van der Waals surface area contributed by atoms with Crippen LogP contribution in [0.15, 0.2) is 66.7 Å². The summed E-state index contributed by atoms with van der Waals surface area (Å²) < 4.78 is 0. The lowest BCUT2D eigenvalue weighted by Gasteiger charge is -1.96. The highest BCUT2D eigenvalue weighted by Crippen LogP contribution is 2.30. The van der Waals surface area contributed by atoms with E-state index in [0.717, 1.165) is 20.9 Å². The molecule has 22 heavy (non-hydrogen) atoms. The molecule has 4 heteroatoms. The van der Waals surface area contributed by atoms with Gasteiger partial charge in [0.15, 0.2) is 0 Å². The minimum atomic E-state index is -0.383. The van der Waals surface area contributed by atoms with Gasteiger partial charge in [-0.05, 0) is 41.5 Å². The molecule has 3 rings (SSSR count). The second-order valence-corrected chi connectivity index (χ2v) is 5.87. The first-order valence-electron chi connectivity index (χ1n) is 6.80. The molecule has 108 valence electrons. The van der Waals surface area contributed by atoms with E-state index in [0.29, 0.717) is 0 Å². The smallest absolute Gasteiger partial charge is 0.258 e. The van der Waals surface area contributed by atoms with Crippen LogP contribution in [-0.4, -0.2) is 4.92 Å². The van der Waals surface area contributed by atoms with Crippen LogP contribution in [0.5, 0.6) is 0 Å². The maximum absolute atomic E-state index is 10.7. The molecule has 2 aromatic carbocycles. The Labute approximate surface area is 132 Å². The lowest BCUT2D eigenvalue weighted by molar-refractivity contribution is -0.384. The number of rotatable bonds is 4. The molecule has 0 bridgehead atoms. The van der Waals surface area contributed by atoms with Crippen LogP contribution in [0.2, 0.25) is 0 Å². The first kappa shape index (κ1) is 14.2. The fourth-order valence-electron chi connectivity index (χ4n) is 2.09. The van der Waals surface area contributed by atoms with Crippen molar-refractivity contribution in [3.8, 4) is 10.4 Å². The lowest BCUT2D eigenvalue weighted by atomic mass is 10.2. The fourth-order valence-corrected chi connectivity index (χ4v) is 3.00. The van der Waals surface area contributed by atoms with Gasteiger partial charge < -0.3 is 0 Å². The SMILES string of the molecule is O=[N+]([O-])c1ccc(-c2ccc(C=Cc3ccccc3)s2)cc1. The van der Waals surface area contributed by atoms with E-state index in [1.54, 1.807) is 23.5 Å². The topological polar surface area (TPSA) is 43.1 Å². The molecule has 0 aliphatic rings. The molecule has 0 spiro atoms. The van der Waals surface area contributed by atoms with E-state index in [1.807, 2.05) is 24.3 Å². The molecule has 0 atom stereocenters. The molecular formula is C18H13NO2S. The molecule has 0 amide bonds. The zero-order valence-corrected chi connectivity index (χ0v) is 12.5. The van der Waals surface area contributed by atoms with Gasteiger partial charge in [-0.1, -0.05) is 36.4 Å². The van der Waals surface area contributed by atoms with Crippen LogP contribution in [0.3, 0.4) is 0 Å². The average molecular weight is 307 g/mol. The number of benzene rings is 2. The predicted octanol–water partition coefficient (Wildman–Crippen LogP) is 5.49. The van der Waals surface area contributed by atoms with Gasteiger partial charge in [0, 0.05) is 21.9 Å². The summed E-state index contributed by atoms with van der Waals surface area (Å²) in [7, 11) is 0. The van der Waals surface area contributed by atoms with E-state index in [-0.39, 0.29) is 10.6 Å². The number of non-ortho nitro benzene ring substituents is 1. The average Bonchev–Trinajstić information content (AvgIpc) is 3.03. The Morgan fingerprint density at radius 2 is 1.59 bits per heavy atom. The van der Waals surface area contributed by atoms with Crippen molar-refractivity contribution in [2.45, 2.75) is 0 Å². The summed E-state index contributed by atoms with van der Waals surface area (Å²) >= 11 is 1.66. The van der Waals surface area contributed by atoms with Gasteiger partial charge in [0.25, 0.3) is 5.69 Å². The maximum atomic E-state index is 10.7. The van der Waals surface area contributed by atoms with Crippen LogP contribution in [-0.2, 0) is 0 Å². The Kier molecular flexibility index (Phi) is 4.12. The number of thiophene rings is 1. The summed E-state index contributed by atoms with van der Waals surface area (Å²) in [5.41, 5.74) is 2.27. The molecule has 0 fully saturated rings. The van der Waals surface area contributed by atoms with Crippen LogP contribution in [0, 0.1) is 10.1 Å². The molecule has 1 aromatic heterocycles. The minimum Gasteiger partial charge on any atom is -0.258 e. The largest absolute Gasteiger partial charge is 0.269 e. The molecule has 0 aliphatic heterocycles. The van der Waals surface area contributed by atoms with Crippen molar-refractivity contribution in [3.05, 3.63) is 87.3 Å². The molecule has 0 N–H and O–H groups in total. The van der Waals surface area contributed by atoms with Gasteiger partial charge in [-0.3, -0.25) is 10.1 Å². The Morgan fingerprint density at radius 1 is 0.864 bits per heavy atom. The van der Waals surface area contributed by atoms with Crippen LogP contribution in [0.1, 0.15) is 10.4 Å². The van der Waals surface area contributed by atoms with Gasteiger partial charge in [0.05, 0.1) is 4.92 Å². The zero-order chi connectivity index (χ0) is 15.4. The molecule has 0 saturated carbocycles. The number of nitro benzene ring substituents is 1. The second kappa shape index (κ2) is 6.37. The van der Waals surface area contributed by atoms with Gasteiger partial charge in [0.1, 0.15) is 0 Å². The van der Waals surface area contributed by atoms with Crippen molar-refractivity contribution in [1.82, 2.24) is 0 Å². The quantitative estimate of drug-likeness (QED) is 0.472. The van der Waals surface area contributed by atoms with E-state index in [4.69, 9.17) is 0 Å². The number of nitro groups is 1. The van der Waals surface area contributed by atoms with Crippen molar-refractivity contribution in [2.24, 2.45) is 0 Å². The monoisotopic (exact) mass is 307 g/mol. The molecule has 0 saturated heterocycles. The molecule has 0 aliphatic carbocycles. The Morgan fingerprint density at radius 3 is 2.27 bits per heavy atom. The lowest BCUT2D eigenvalue weighted by Crippen LogP contribution is -1.86. The standard InChI is InChI=1S/C18H13NO2S/c20-19(21)16-9-7-15(8-10-16)18-13-12-17(22-18)11-6-14-4-2-1-3-5-14/h1-13H. The summed E-state index contributed by atoms with van der Waals surface area (Å²) in [5.74, 6) is 0. The Balaban J connectivity index is 1.79. The first-order valence-corrected chi connectivity index (χ1v) is 7.62. The van der Waals surface area contributed by atoms with Gasteiger partial charge in [-0.15, -0.1) is 11.3 Å². The Bertz CT molecular complexity index is 805. The van der Waals surface area contributed by atoms with Crippen molar-refractivity contribution >= 4 is 29.2 Å². The number of hydrogen-bond donors (Lipinski definition) is 0. The normalized spacial score (nSPS) is 10.9. The molecule has 0 radical (unpaired) electrons. The highest BCUT2D eigenvalue weighted by molar-refractivity contribution is 7.16. The first-order chi connectivity index (χ1) is 10.7. The van der Waals surface area contributed by atoms with Crippen molar-refractivity contribution < 1.29 is 4.92 Å². The number of nitrogens with zero attached hydrogens (tertiary/aromatic N) is 1. The summed E-state index contributed by atoms with van der Waals surface area (Å²) in [4.78, 5) is 12.5. The zero-order valence-electron chi connectivity index (χ0n) is 11.7. The van der Waals surface area contributed by atoms with Crippen LogP contribution in [0.4, 0.5) is 5.69 Å². The van der Waals surface area contributed by atoms with Crippen molar-refractivity contribution in [1.29, 1.82) is 0 Å². The van der Waals surface area contributed by atoms with Crippen LogP contribution < -0.4 is 0 Å². The second-order valence-electron chi connectivity index (χ2n) is 4.75. The third-order valence-electron chi connectivity index (χ3n) is 3.23. The maximum Gasteiger partial charge on any atom is 0.269 e. The predicted molar refractivity (Wildman–Crippen MR) is 91.8 cm³/mol. The van der Waals surface area contributed by atoms with Gasteiger partial charge in [-0.2, -0.15) is 0 Å². The van der Waals surface area contributed by atoms with Crippen molar-refractivity contribution in [2.75, 3.05) is 0 Å². The Hall–Kier alpha value is -2.72. The van der Waals surface area contributed by atoms with E-state index in [9.17, 15) is 10.1 Å². The van der Waals surface area contributed by atoms with E-state index in [1.165, 1.54) is 12.1 Å². The highest BCUT2D eigenvalue weighted by atomic mass is 32.1. The van der Waals surface area contributed by atoms with Gasteiger partial charge in [0.2, 0.25) is 0 Å². The molecule has 3 nitrogen and oxygen atoms in total. The molecule has 3 aromatic rings. The molecule has 1 heterocycles. The van der Waals surface area contributed by atoms with Crippen LogP contribution >= 0.6 is 11.3 Å². The van der Waals surface area contributed by atoms with E-state index in [2.05, 4.69) is 30.4 Å². The third-order valence-corrected chi connectivity index (χ3v) is 4.33. The summed E-state index contributed by atoms with van der Waals surface area (Å²) in [6.45, 7) is 0. The number of hydrogen-bond acceptors (Lipinski definition) is 3. The van der Waals surface area contributed by atoms with Gasteiger partial charge >= 0.3 is 0 Å². The van der Waals surface area contributed by atoms with Crippen LogP contribution in [0.25, 0.3) is 22.6 Å². The van der Waals surface area contributed by atoms with E-state index >= 15 is 0 Å². The summed E-state index contributed by atoms with van der Waals surface area (Å²) in [6, 6.07) is 20.9. The summed E-state index contributed by atoms with van der Waals surface area (Å²) in [6.07, 6.45) is 4.15. The minimum absolute atomic E-state index is 0.115. The third kappa shape index (κ3) is 3.30. The highest BCUT2D eigenvalue weighted by Gasteiger charge is 2.06. The van der Waals surface area contributed by atoms with Gasteiger partial charge in [-0.25, -0.2) is 0 Å². The summed E-state index contributed by atoms with van der Waals surface area (Å²) in [5, 5.41) is 10.7. The fraction of sp³-hybridized carbons (Fsp3) is 0. The van der Waals surface area contributed by atoms with Crippen molar-refractivity contribution in [3.63, 3.8) is 0 Å². The molecule has 0 unspecified atom stereocenters. The van der Waals surface area contributed by atoms with E-state index < -0.39 is 0 Å². The molecular weight excluding hydrogens is 294 g/mol.